The molecule has 1 aromatic rings. The van der Waals surface area contributed by atoms with Crippen LogP contribution in [0.5, 0.6) is 0 Å². The summed E-state index contributed by atoms with van der Waals surface area (Å²) in [6, 6.07) is 3.19. The largest absolute Gasteiger partial charge is 0.481 e. The van der Waals surface area contributed by atoms with Gasteiger partial charge in [-0.2, -0.15) is 0 Å². The van der Waals surface area contributed by atoms with Crippen LogP contribution in [0, 0.1) is 18.3 Å². The standard InChI is InChI=1S/C22H28N4O4/c1-3-17(12-20(28)29)24-19(27)13-26-14(2)11-16(22(26)30)7-9-18-8-6-15-5-4-10-23-21(15)25-18/h1,6,8,14,16-17H,4-5,7,9-13H2,2H3,(H,23,25)(H,24,27)(H,28,29). The zero-order valence-corrected chi connectivity index (χ0v) is 17.2. The van der Waals surface area contributed by atoms with Crippen LogP contribution in [0.3, 0.4) is 0 Å². The van der Waals surface area contributed by atoms with Crippen molar-refractivity contribution in [2.75, 3.05) is 18.4 Å². The van der Waals surface area contributed by atoms with Gasteiger partial charge < -0.3 is 20.6 Å². The zero-order chi connectivity index (χ0) is 21.7. The van der Waals surface area contributed by atoms with Crippen molar-refractivity contribution in [1.82, 2.24) is 15.2 Å². The lowest BCUT2D eigenvalue weighted by molar-refractivity contribution is -0.138. The van der Waals surface area contributed by atoms with Crippen LogP contribution >= 0.6 is 0 Å². The number of terminal acetylenes is 1. The van der Waals surface area contributed by atoms with E-state index in [0.717, 1.165) is 30.9 Å². The number of rotatable bonds is 8. The number of carbonyl (C=O) groups is 3. The topological polar surface area (TPSA) is 112 Å². The minimum atomic E-state index is -1.09. The van der Waals surface area contributed by atoms with Crippen molar-refractivity contribution in [3.63, 3.8) is 0 Å². The van der Waals surface area contributed by atoms with Crippen molar-refractivity contribution in [3.05, 3.63) is 23.4 Å². The number of hydrogen-bond acceptors (Lipinski definition) is 5. The number of fused-ring (bicyclic) bond motifs is 1. The molecule has 3 N–H and O–H groups in total. The predicted molar refractivity (Wildman–Crippen MR) is 112 cm³/mol. The van der Waals surface area contributed by atoms with E-state index < -0.39 is 17.9 Å². The lowest BCUT2D eigenvalue weighted by atomic mass is 9.98. The van der Waals surface area contributed by atoms with Gasteiger partial charge in [0.05, 0.1) is 13.0 Å². The quantitative estimate of drug-likeness (QED) is 0.553. The molecule has 3 rings (SSSR count). The van der Waals surface area contributed by atoms with E-state index in [9.17, 15) is 14.4 Å². The fourth-order valence-electron chi connectivity index (χ4n) is 4.12. The third-order valence-electron chi connectivity index (χ3n) is 5.72. The van der Waals surface area contributed by atoms with E-state index in [4.69, 9.17) is 11.5 Å². The van der Waals surface area contributed by atoms with Crippen LogP contribution in [-0.4, -0.2) is 57.9 Å². The van der Waals surface area contributed by atoms with Crippen molar-refractivity contribution >= 4 is 23.6 Å². The summed E-state index contributed by atoms with van der Waals surface area (Å²) in [5.41, 5.74) is 2.20. The first-order valence-corrected chi connectivity index (χ1v) is 10.4. The van der Waals surface area contributed by atoms with Gasteiger partial charge in [-0.05, 0) is 50.7 Å². The fourth-order valence-corrected chi connectivity index (χ4v) is 4.12. The Morgan fingerprint density at radius 3 is 3.00 bits per heavy atom. The van der Waals surface area contributed by atoms with Crippen molar-refractivity contribution < 1.29 is 19.5 Å². The van der Waals surface area contributed by atoms with Crippen molar-refractivity contribution in [2.24, 2.45) is 5.92 Å². The summed E-state index contributed by atoms with van der Waals surface area (Å²) in [4.78, 5) is 42.1. The number of carbonyl (C=O) groups excluding carboxylic acids is 2. The second kappa shape index (κ2) is 9.61. The van der Waals surface area contributed by atoms with E-state index in [-0.39, 0.29) is 30.8 Å². The van der Waals surface area contributed by atoms with Crippen LogP contribution in [0.15, 0.2) is 12.1 Å². The van der Waals surface area contributed by atoms with E-state index >= 15 is 0 Å². The molecule has 30 heavy (non-hydrogen) atoms. The van der Waals surface area contributed by atoms with Crippen molar-refractivity contribution in [3.8, 4) is 12.3 Å². The van der Waals surface area contributed by atoms with Gasteiger partial charge in [0.2, 0.25) is 11.8 Å². The van der Waals surface area contributed by atoms with Gasteiger partial charge in [-0.15, -0.1) is 6.42 Å². The third-order valence-corrected chi connectivity index (χ3v) is 5.72. The van der Waals surface area contributed by atoms with Gasteiger partial charge in [-0.3, -0.25) is 14.4 Å². The molecule has 0 spiro atoms. The van der Waals surface area contributed by atoms with Gasteiger partial charge in [0, 0.05) is 24.2 Å². The maximum absolute atomic E-state index is 12.8. The van der Waals surface area contributed by atoms with Crippen molar-refractivity contribution in [2.45, 2.75) is 57.5 Å². The first-order valence-electron chi connectivity index (χ1n) is 10.4. The van der Waals surface area contributed by atoms with Crippen LogP contribution < -0.4 is 10.6 Å². The van der Waals surface area contributed by atoms with Gasteiger partial charge in [-0.1, -0.05) is 12.0 Å². The molecule has 3 heterocycles. The number of carboxylic acids is 1. The first-order chi connectivity index (χ1) is 14.4. The number of pyridine rings is 1. The highest BCUT2D eigenvalue weighted by Gasteiger charge is 2.37. The van der Waals surface area contributed by atoms with Gasteiger partial charge >= 0.3 is 5.97 Å². The highest BCUT2D eigenvalue weighted by molar-refractivity contribution is 5.88. The molecule has 1 saturated heterocycles. The second-order valence-electron chi connectivity index (χ2n) is 8.01. The van der Waals surface area contributed by atoms with Gasteiger partial charge in [-0.25, -0.2) is 4.98 Å². The molecule has 3 atom stereocenters. The summed E-state index contributed by atoms with van der Waals surface area (Å²) in [7, 11) is 0. The highest BCUT2D eigenvalue weighted by atomic mass is 16.4. The second-order valence-corrected chi connectivity index (χ2v) is 8.01. The lowest BCUT2D eigenvalue weighted by Gasteiger charge is -2.22. The van der Waals surface area contributed by atoms with E-state index in [1.54, 1.807) is 4.90 Å². The van der Waals surface area contributed by atoms with E-state index in [1.807, 2.05) is 13.0 Å². The van der Waals surface area contributed by atoms with Crippen LogP contribution in [-0.2, 0) is 27.2 Å². The Balaban J connectivity index is 1.53. The molecular formula is C22H28N4O4. The number of likely N-dealkylation sites (tertiary alicyclic amines) is 1. The summed E-state index contributed by atoms with van der Waals surface area (Å²) in [6.07, 6.45) is 9.15. The molecule has 2 amide bonds. The van der Waals surface area contributed by atoms with Crippen LogP contribution in [0.2, 0.25) is 0 Å². The Morgan fingerprint density at radius 2 is 2.27 bits per heavy atom. The molecule has 8 nitrogen and oxygen atoms in total. The number of anilines is 1. The van der Waals surface area contributed by atoms with E-state index in [0.29, 0.717) is 19.3 Å². The van der Waals surface area contributed by atoms with Crippen LogP contribution in [0.1, 0.15) is 43.9 Å². The Labute approximate surface area is 176 Å². The molecule has 8 heteroatoms. The number of nitrogens with one attached hydrogen (secondary N) is 2. The number of aromatic nitrogens is 1. The Hall–Kier alpha value is -3.08. The normalized spacial score (nSPS) is 21.3. The number of nitrogens with zero attached hydrogens (tertiary/aromatic N) is 2. The van der Waals surface area contributed by atoms with E-state index in [1.165, 1.54) is 5.56 Å². The molecule has 0 aromatic carbocycles. The number of amides is 2. The smallest absolute Gasteiger partial charge is 0.306 e. The van der Waals surface area contributed by atoms with Crippen LogP contribution in [0.4, 0.5) is 5.82 Å². The Kier molecular flexibility index (Phi) is 6.93. The van der Waals surface area contributed by atoms with Gasteiger partial charge in [0.15, 0.2) is 0 Å². The van der Waals surface area contributed by atoms with E-state index in [2.05, 4.69) is 27.6 Å². The molecule has 160 valence electrons. The number of hydrogen-bond donors (Lipinski definition) is 3. The third kappa shape index (κ3) is 5.29. The summed E-state index contributed by atoms with van der Waals surface area (Å²) in [6.45, 7) is 2.74. The fraction of sp³-hybridized carbons (Fsp3) is 0.545. The molecule has 0 saturated carbocycles. The zero-order valence-electron chi connectivity index (χ0n) is 17.2. The van der Waals surface area contributed by atoms with Gasteiger partial charge in [0.25, 0.3) is 0 Å². The monoisotopic (exact) mass is 412 g/mol. The van der Waals surface area contributed by atoms with Crippen molar-refractivity contribution in [1.29, 1.82) is 0 Å². The molecule has 0 aliphatic carbocycles. The minimum absolute atomic E-state index is 0.0516. The Bertz CT molecular complexity index is 863. The molecule has 2 aliphatic rings. The molecule has 2 aliphatic heterocycles. The lowest BCUT2D eigenvalue weighted by Crippen LogP contribution is -2.45. The molecule has 1 fully saturated rings. The number of aliphatic carboxylic acids is 1. The van der Waals surface area contributed by atoms with Crippen LogP contribution in [0.25, 0.3) is 0 Å². The van der Waals surface area contributed by atoms with Gasteiger partial charge in [0.1, 0.15) is 11.9 Å². The molecular weight excluding hydrogens is 384 g/mol. The molecule has 3 unspecified atom stereocenters. The summed E-state index contributed by atoms with van der Waals surface area (Å²) >= 11 is 0. The summed E-state index contributed by atoms with van der Waals surface area (Å²) in [5.74, 6) is 1.47. The summed E-state index contributed by atoms with van der Waals surface area (Å²) in [5, 5.41) is 14.7. The molecule has 0 bridgehead atoms. The minimum Gasteiger partial charge on any atom is -0.481 e. The predicted octanol–water partition coefficient (Wildman–Crippen LogP) is 1.20. The maximum atomic E-state index is 12.8. The average molecular weight is 412 g/mol. The SMILES string of the molecule is C#CC(CC(=O)O)NC(=O)CN1C(=O)C(CCc2ccc3c(n2)NCCC3)CC1C. The molecule has 1 aromatic heterocycles. The summed E-state index contributed by atoms with van der Waals surface area (Å²) < 4.78 is 0. The average Bonchev–Trinajstić information content (AvgIpc) is 2.98. The Morgan fingerprint density at radius 1 is 1.47 bits per heavy atom. The first kappa shape index (κ1) is 21.6. The number of carboxylic acid groups (broad SMARTS) is 1. The highest BCUT2D eigenvalue weighted by Crippen LogP contribution is 2.28. The maximum Gasteiger partial charge on any atom is 0.306 e. The molecule has 0 radical (unpaired) electrons. The number of aryl methyl sites for hydroxylation is 2.